The molecule has 0 aliphatic rings. The lowest BCUT2D eigenvalue weighted by Gasteiger charge is -2.24. The van der Waals surface area contributed by atoms with Crippen LogP contribution in [0.2, 0.25) is 0 Å². The van der Waals surface area contributed by atoms with Crippen molar-refractivity contribution in [2.24, 2.45) is 5.73 Å². The molecule has 90 valence electrons. The van der Waals surface area contributed by atoms with Crippen LogP contribution >= 0.6 is 0 Å². The lowest BCUT2D eigenvalue weighted by atomic mass is 9.90. The van der Waals surface area contributed by atoms with Gasteiger partial charge in [-0.1, -0.05) is 12.1 Å². The van der Waals surface area contributed by atoms with Crippen LogP contribution in [0.15, 0.2) is 18.2 Å². The van der Waals surface area contributed by atoms with Crippen LogP contribution in [0.1, 0.15) is 18.9 Å². The Morgan fingerprint density at radius 1 is 1.38 bits per heavy atom. The third-order valence-corrected chi connectivity index (χ3v) is 2.50. The summed E-state index contributed by atoms with van der Waals surface area (Å²) in [5, 5.41) is 0. The predicted octanol–water partition coefficient (Wildman–Crippen LogP) is 2.26. The summed E-state index contributed by atoms with van der Waals surface area (Å²) < 4.78 is 31.3. The Labute approximate surface area is 94.4 Å². The highest BCUT2D eigenvalue weighted by molar-refractivity contribution is 5.21. The van der Waals surface area contributed by atoms with E-state index in [0.29, 0.717) is 25.0 Å². The minimum atomic E-state index is -0.833. The number of benzene rings is 1. The van der Waals surface area contributed by atoms with Crippen molar-refractivity contribution in [3.05, 3.63) is 35.4 Å². The van der Waals surface area contributed by atoms with Gasteiger partial charge in [0.2, 0.25) is 0 Å². The van der Waals surface area contributed by atoms with Gasteiger partial charge in [0, 0.05) is 19.3 Å². The molecule has 0 amide bonds. The minimum Gasteiger partial charge on any atom is -0.385 e. The first-order valence-corrected chi connectivity index (χ1v) is 5.17. The van der Waals surface area contributed by atoms with Crippen LogP contribution in [0.3, 0.4) is 0 Å². The predicted molar refractivity (Wildman–Crippen MR) is 59.1 cm³/mol. The molecule has 0 aromatic heterocycles. The van der Waals surface area contributed by atoms with Crippen molar-refractivity contribution in [1.29, 1.82) is 0 Å². The van der Waals surface area contributed by atoms with Gasteiger partial charge in [0.1, 0.15) is 0 Å². The highest BCUT2D eigenvalue weighted by Crippen LogP contribution is 2.18. The number of methoxy groups -OCH3 is 1. The number of hydrogen-bond donors (Lipinski definition) is 1. The average Bonchev–Trinajstić information content (AvgIpc) is 2.22. The summed E-state index contributed by atoms with van der Waals surface area (Å²) in [5.41, 5.74) is 5.70. The van der Waals surface area contributed by atoms with Crippen LogP contribution in [0.25, 0.3) is 0 Å². The molecule has 0 saturated heterocycles. The summed E-state index contributed by atoms with van der Waals surface area (Å²) in [7, 11) is 1.58. The van der Waals surface area contributed by atoms with E-state index in [1.54, 1.807) is 20.1 Å². The van der Waals surface area contributed by atoms with Gasteiger partial charge in [-0.2, -0.15) is 0 Å². The Kier molecular flexibility index (Phi) is 4.38. The highest BCUT2D eigenvalue weighted by atomic mass is 19.2. The molecule has 0 fully saturated rings. The number of ether oxygens (including phenoxy) is 1. The Bertz CT molecular complexity index is 353. The average molecular weight is 229 g/mol. The van der Waals surface area contributed by atoms with E-state index >= 15 is 0 Å². The van der Waals surface area contributed by atoms with Gasteiger partial charge in [-0.3, -0.25) is 0 Å². The quantitative estimate of drug-likeness (QED) is 0.840. The number of hydrogen-bond acceptors (Lipinski definition) is 2. The van der Waals surface area contributed by atoms with Crippen molar-refractivity contribution in [2.45, 2.75) is 25.3 Å². The molecule has 0 aliphatic carbocycles. The molecule has 0 heterocycles. The second-order valence-corrected chi connectivity index (χ2v) is 4.29. The molecular formula is C12H17F2NO. The van der Waals surface area contributed by atoms with E-state index in [4.69, 9.17) is 10.5 Å². The van der Waals surface area contributed by atoms with Gasteiger partial charge in [0.15, 0.2) is 11.6 Å². The monoisotopic (exact) mass is 229 g/mol. The first-order chi connectivity index (χ1) is 7.46. The lowest BCUT2D eigenvalue weighted by molar-refractivity contribution is 0.171. The van der Waals surface area contributed by atoms with E-state index in [9.17, 15) is 8.78 Å². The minimum absolute atomic E-state index is 0.292. The van der Waals surface area contributed by atoms with E-state index in [0.717, 1.165) is 6.07 Å². The van der Waals surface area contributed by atoms with E-state index in [-0.39, 0.29) is 0 Å². The van der Waals surface area contributed by atoms with Crippen molar-refractivity contribution in [1.82, 2.24) is 0 Å². The standard InChI is InChI=1S/C12H17F2NO/c1-12(15,6-7-16-2)8-9-4-3-5-10(13)11(9)14/h3-5H,6-8,15H2,1-2H3. The summed E-state index contributed by atoms with van der Waals surface area (Å²) in [5.74, 6) is -1.64. The van der Waals surface area contributed by atoms with Crippen LogP contribution in [0.4, 0.5) is 8.78 Å². The summed E-state index contributed by atoms with van der Waals surface area (Å²) in [4.78, 5) is 0. The maximum atomic E-state index is 13.4. The van der Waals surface area contributed by atoms with Gasteiger partial charge < -0.3 is 10.5 Å². The largest absolute Gasteiger partial charge is 0.385 e. The molecule has 1 atom stereocenters. The molecule has 0 bridgehead atoms. The van der Waals surface area contributed by atoms with Crippen LogP contribution < -0.4 is 5.73 Å². The molecule has 0 spiro atoms. The van der Waals surface area contributed by atoms with Crippen molar-refractivity contribution < 1.29 is 13.5 Å². The number of halogens is 2. The molecule has 1 aromatic carbocycles. The van der Waals surface area contributed by atoms with Crippen molar-refractivity contribution in [3.8, 4) is 0 Å². The molecule has 1 unspecified atom stereocenters. The Morgan fingerprint density at radius 2 is 2.06 bits per heavy atom. The van der Waals surface area contributed by atoms with Gasteiger partial charge in [0.05, 0.1) is 0 Å². The molecule has 2 N–H and O–H groups in total. The number of rotatable bonds is 5. The van der Waals surface area contributed by atoms with Crippen LogP contribution in [0.5, 0.6) is 0 Å². The van der Waals surface area contributed by atoms with Gasteiger partial charge >= 0.3 is 0 Å². The lowest BCUT2D eigenvalue weighted by Crippen LogP contribution is -2.40. The molecule has 16 heavy (non-hydrogen) atoms. The third kappa shape index (κ3) is 3.54. The zero-order chi connectivity index (χ0) is 12.2. The van der Waals surface area contributed by atoms with E-state index in [1.807, 2.05) is 0 Å². The van der Waals surface area contributed by atoms with Gasteiger partial charge in [0.25, 0.3) is 0 Å². The second-order valence-electron chi connectivity index (χ2n) is 4.29. The topological polar surface area (TPSA) is 35.2 Å². The zero-order valence-electron chi connectivity index (χ0n) is 9.59. The Morgan fingerprint density at radius 3 is 2.69 bits per heavy atom. The number of nitrogens with two attached hydrogens (primary N) is 1. The van der Waals surface area contributed by atoms with E-state index in [1.165, 1.54) is 6.07 Å². The summed E-state index contributed by atoms with van der Waals surface area (Å²) in [6, 6.07) is 4.14. The summed E-state index contributed by atoms with van der Waals surface area (Å²) >= 11 is 0. The fourth-order valence-corrected chi connectivity index (χ4v) is 1.54. The fourth-order valence-electron chi connectivity index (χ4n) is 1.54. The first-order valence-electron chi connectivity index (χ1n) is 5.17. The maximum Gasteiger partial charge on any atom is 0.162 e. The van der Waals surface area contributed by atoms with Crippen LogP contribution in [0, 0.1) is 11.6 Å². The highest BCUT2D eigenvalue weighted by Gasteiger charge is 2.21. The molecule has 1 rings (SSSR count). The summed E-state index contributed by atoms with van der Waals surface area (Å²) in [6.45, 7) is 2.31. The van der Waals surface area contributed by atoms with E-state index < -0.39 is 17.2 Å². The Balaban J connectivity index is 2.75. The normalized spacial score (nSPS) is 14.8. The second kappa shape index (κ2) is 5.37. The van der Waals surface area contributed by atoms with Crippen LogP contribution in [-0.4, -0.2) is 19.3 Å². The molecule has 0 radical (unpaired) electrons. The summed E-state index contributed by atoms with van der Waals surface area (Å²) in [6.07, 6.45) is 0.888. The smallest absolute Gasteiger partial charge is 0.162 e. The van der Waals surface area contributed by atoms with Gasteiger partial charge in [-0.05, 0) is 31.4 Å². The van der Waals surface area contributed by atoms with E-state index in [2.05, 4.69) is 0 Å². The van der Waals surface area contributed by atoms with Crippen molar-refractivity contribution in [3.63, 3.8) is 0 Å². The van der Waals surface area contributed by atoms with Crippen molar-refractivity contribution >= 4 is 0 Å². The van der Waals surface area contributed by atoms with Crippen LogP contribution in [-0.2, 0) is 11.2 Å². The third-order valence-electron chi connectivity index (χ3n) is 2.50. The fraction of sp³-hybridized carbons (Fsp3) is 0.500. The SMILES string of the molecule is COCCC(C)(N)Cc1cccc(F)c1F. The molecule has 1 aromatic rings. The molecule has 0 saturated carbocycles. The van der Waals surface area contributed by atoms with Gasteiger partial charge in [-0.25, -0.2) is 8.78 Å². The van der Waals surface area contributed by atoms with Gasteiger partial charge in [-0.15, -0.1) is 0 Å². The molecule has 0 aliphatic heterocycles. The zero-order valence-corrected chi connectivity index (χ0v) is 9.59. The molecule has 4 heteroatoms. The Hall–Kier alpha value is -1.00. The molecular weight excluding hydrogens is 212 g/mol. The van der Waals surface area contributed by atoms with Crippen molar-refractivity contribution in [2.75, 3.05) is 13.7 Å². The molecule has 2 nitrogen and oxygen atoms in total. The maximum absolute atomic E-state index is 13.4. The first kappa shape index (κ1) is 13.1.